The van der Waals surface area contributed by atoms with Crippen LogP contribution in [0.2, 0.25) is 0 Å². The summed E-state index contributed by atoms with van der Waals surface area (Å²) in [6.07, 6.45) is -4.45. The number of alkyl halides is 3. The van der Waals surface area contributed by atoms with Gasteiger partial charge in [-0.2, -0.15) is 13.2 Å². The number of nitrogens with zero attached hydrogens (tertiary/aromatic N) is 2. The summed E-state index contributed by atoms with van der Waals surface area (Å²) in [4.78, 5) is 13.7. The lowest BCUT2D eigenvalue weighted by atomic mass is 10.2. The van der Waals surface area contributed by atoms with E-state index in [-0.39, 0.29) is 18.1 Å². The quantitative estimate of drug-likeness (QED) is 0.394. The van der Waals surface area contributed by atoms with Gasteiger partial charge in [0.1, 0.15) is 0 Å². The Kier molecular flexibility index (Phi) is 6.02. The van der Waals surface area contributed by atoms with Crippen molar-refractivity contribution in [1.82, 2.24) is 4.90 Å². The zero-order valence-electron chi connectivity index (χ0n) is 13.1. The number of benzene rings is 1. The van der Waals surface area contributed by atoms with Gasteiger partial charge in [-0.25, -0.2) is 4.79 Å². The maximum absolute atomic E-state index is 12.7. The van der Waals surface area contributed by atoms with E-state index >= 15 is 0 Å². The Morgan fingerprint density at radius 1 is 1.38 bits per heavy atom. The van der Waals surface area contributed by atoms with E-state index in [0.717, 1.165) is 12.1 Å². The molecule has 0 radical (unpaired) electrons. The number of rotatable bonds is 3. The van der Waals surface area contributed by atoms with E-state index < -0.39 is 17.7 Å². The topological polar surface area (TPSA) is 63.2 Å². The van der Waals surface area contributed by atoms with Gasteiger partial charge in [0.2, 0.25) is 5.84 Å². The van der Waals surface area contributed by atoms with E-state index in [1.54, 1.807) is 11.8 Å². The minimum Gasteiger partial charge on any atom is -0.460 e. The third-order valence-corrected chi connectivity index (χ3v) is 3.25. The minimum absolute atomic E-state index is 0.0116. The number of hydrazone groups is 1. The van der Waals surface area contributed by atoms with Crippen molar-refractivity contribution in [2.45, 2.75) is 13.1 Å². The van der Waals surface area contributed by atoms with Crippen molar-refractivity contribution in [2.24, 2.45) is 5.10 Å². The Hall–Kier alpha value is -2.29. The van der Waals surface area contributed by atoms with Crippen LogP contribution in [0.15, 0.2) is 29.4 Å². The highest BCUT2D eigenvalue weighted by atomic mass is 19.4. The molecule has 24 heavy (non-hydrogen) atoms. The number of hydrogen-bond acceptors (Lipinski definition) is 5. The zero-order valence-corrected chi connectivity index (χ0v) is 13.1. The number of nitrogens with one attached hydrogen (secondary N) is 1. The van der Waals surface area contributed by atoms with Crippen molar-refractivity contribution in [3.63, 3.8) is 0 Å². The maximum atomic E-state index is 12.7. The molecule has 1 fully saturated rings. The molecule has 0 spiro atoms. The van der Waals surface area contributed by atoms with Crippen molar-refractivity contribution in [3.8, 4) is 0 Å². The summed E-state index contributed by atoms with van der Waals surface area (Å²) in [7, 11) is 0. The van der Waals surface area contributed by atoms with Crippen LogP contribution >= 0.6 is 0 Å². The van der Waals surface area contributed by atoms with Gasteiger partial charge in [-0.15, -0.1) is 5.10 Å². The summed E-state index contributed by atoms with van der Waals surface area (Å²) in [5.41, 5.74) is 1.82. The molecular formula is C15H18F3N3O3. The first kappa shape index (κ1) is 18.1. The van der Waals surface area contributed by atoms with E-state index in [1.807, 2.05) is 0 Å². The fourth-order valence-electron chi connectivity index (χ4n) is 2.10. The average molecular weight is 345 g/mol. The SMILES string of the molecule is CCOC(=O)C(=NNc1cccc(C(F)(F)F)c1)N1CCOCC1. The van der Waals surface area contributed by atoms with E-state index in [0.29, 0.717) is 26.3 Å². The first-order valence-electron chi connectivity index (χ1n) is 7.42. The lowest BCUT2D eigenvalue weighted by Gasteiger charge is -2.28. The molecule has 0 aromatic heterocycles. The number of anilines is 1. The Labute approximate surface area is 137 Å². The van der Waals surface area contributed by atoms with Gasteiger partial charge in [-0.3, -0.25) is 5.43 Å². The van der Waals surface area contributed by atoms with Crippen molar-refractivity contribution in [3.05, 3.63) is 29.8 Å². The van der Waals surface area contributed by atoms with Gasteiger partial charge in [0.25, 0.3) is 0 Å². The first-order chi connectivity index (χ1) is 11.4. The van der Waals surface area contributed by atoms with Crippen molar-refractivity contribution >= 4 is 17.5 Å². The second kappa shape index (κ2) is 8.00. The Morgan fingerprint density at radius 3 is 2.71 bits per heavy atom. The molecule has 1 saturated heterocycles. The molecule has 0 saturated carbocycles. The number of ether oxygens (including phenoxy) is 2. The molecule has 1 heterocycles. The summed E-state index contributed by atoms with van der Waals surface area (Å²) in [6.45, 7) is 3.59. The molecule has 1 aromatic carbocycles. The fourth-order valence-corrected chi connectivity index (χ4v) is 2.10. The number of carbonyl (C=O) groups is 1. The Balaban J connectivity index is 2.18. The molecule has 6 nitrogen and oxygen atoms in total. The number of halogens is 3. The minimum atomic E-state index is -4.45. The predicted molar refractivity (Wildman–Crippen MR) is 81.5 cm³/mol. The molecule has 1 N–H and O–H groups in total. The van der Waals surface area contributed by atoms with Crippen LogP contribution < -0.4 is 5.43 Å². The third kappa shape index (κ3) is 4.85. The molecule has 0 amide bonds. The maximum Gasteiger partial charge on any atom is 0.416 e. The largest absolute Gasteiger partial charge is 0.460 e. The van der Waals surface area contributed by atoms with Crippen LogP contribution in [0.1, 0.15) is 12.5 Å². The van der Waals surface area contributed by atoms with Gasteiger partial charge in [-0.05, 0) is 25.1 Å². The molecule has 9 heteroatoms. The fraction of sp³-hybridized carbons (Fsp3) is 0.467. The van der Waals surface area contributed by atoms with Crippen LogP contribution in [-0.4, -0.2) is 49.6 Å². The van der Waals surface area contributed by atoms with Crippen molar-refractivity contribution < 1.29 is 27.4 Å². The van der Waals surface area contributed by atoms with Gasteiger partial charge in [-0.1, -0.05) is 6.07 Å². The van der Waals surface area contributed by atoms with Crippen molar-refractivity contribution in [1.29, 1.82) is 0 Å². The average Bonchev–Trinajstić information content (AvgIpc) is 2.56. The van der Waals surface area contributed by atoms with Crippen molar-refractivity contribution in [2.75, 3.05) is 38.3 Å². The Bertz CT molecular complexity index is 599. The van der Waals surface area contributed by atoms with Gasteiger partial charge in [0.15, 0.2) is 0 Å². The molecule has 132 valence electrons. The van der Waals surface area contributed by atoms with Crippen LogP contribution in [0.5, 0.6) is 0 Å². The van der Waals surface area contributed by atoms with E-state index in [1.165, 1.54) is 12.1 Å². The van der Waals surface area contributed by atoms with Crippen LogP contribution in [-0.2, 0) is 20.4 Å². The number of carbonyl (C=O) groups excluding carboxylic acids is 1. The normalized spacial score (nSPS) is 16.0. The highest BCUT2D eigenvalue weighted by Gasteiger charge is 2.30. The van der Waals surface area contributed by atoms with E-state index in [4.69, 9.17) is 9.47 Å². The molecule has 0 unspecified atom stereocenters. The summed E-state index contributed by atoms with van der Waals surface area (Å²) < 4.78 is 48.3. The number of hydrogen-bond donors (Lipinski definition) is 1. The molecule has 0 atom stereocenters. The molecule has 1 aliphatic heterocycles. The molecule has 0 aliphatic carbocycles. The summed E-state index contributed by atoms with van der Waals surface area (Å²) in [5, 5.41) is 3.95. The number of esters is 1. The monoisotopic (exact) mass is 345 g/mol. The van der Waals surface area contributed by atoms with E-state index in [9.17, 15) is 18.0 Å². The lowest BCUT2D eigenvalue weighted by molar-refractivity contribution is -0.138. The second-order valence-corrected chi connectivity index (χ2v) is 4.95. The van der Waals surface area contributed by atoms with Crippen LogP contribution in [0.3, 0.4) is 0 Å². The predicted octanol–water partition coefficient (Wildman–Crippen LogP) is 2.33. The van der Waals surface area contributed by atoms with Gasteiger partial charge < -0.3 is 14.4 Å². The Morgan fingerprint density at radius 2 is 2.08 bits per heavy atom. The molecule has 2 rings (SSSR count). The summed E-state index contributed by atoms with van der Waals surface area (Å²) in [5.74, 6) is -0.628. The highest BCUT2D eigenvalue weighted by Crippen LogP contribution is 2.30. The smallest absolute Gasteiger partial charge is 0.416 e. The number of amidine groups is 1. The third-order valence-electron chi connectivity index (χ3n) is 3.25. The lowest BCUT2D eigenvalue weighted by Crippen LogP contribution is -2.45. The second-order valence-electron chi connectivity index (χ2n) is 4.95. The number of morpholine rings is 1. The molecule has 1 aliphatic rings. The molecular weight excluding hydrogens is 327 g/mol. The van der Waals surface area contributed by atoms with Crippen LogP contribution in [0, 0.1) is 0 Å². The first-order valence-corrected chi connectivity index (χ1v) is 7.42. The zero-order chi connectivity index (χ0) is 17.6. The van der Waals surface area contributed by atoms with Gasteiger partial charge in [0.05, 0.1) is 31.1 Å². The summed E-state index contributed by atoms with van der Waals surface area (Å²) >= 11 is 0. The van der Waals surface area contributed by atoms with Crippen LogP contribution in [0.4, 0.5) is 18.9 Å². The molecule has 1 aromatic rings. The summed E-state index contributed by atoms with van der Waals surface area (Å²) in [6, 6.07) is 4.58. The van der Waals surface area contributed by atoms with Gasteiger partial charge in [0, 0.05) is 13.1 Å². The van der Waals surface area contributed by atoms with Gasteiger partial charge >= 0.3 is 12.1 Å². The van der Waals surface area contributed by atoms with E-state index in [2.05, 4.69) is 10.5 Å². The van der Waals surface area contributed by atoms with Crippen LogP contribution in [0.25, 0.3) is 0 Å². The standard InChI is InChI=1S/C15H18F3N3O3/c1-2-24-14(22)13(21-6-8-23-9-7-21)20-19-12-5-3-4-11(10-12)15(16,17)18/h3-5,10,19H,2,6-9H2,1H3. The highest BCUT2D eigenvalue weighted by molar-refractivity contribution is 6.35. The molecule has 0 bridgehead atoms.